The van der Waals surface area contributed by atoms with Gasteiger partial charge in [-0.15, -0.1) is 10.2 Å². The zero-order chi connectivity index (χ0) is 29.2. The molecule has 0 bridgehead atoms. The van der Waals surface area contributed by atoms with Crippen LogP contribution in [0.4, 0.5) is 18.9 Å². The normalized spacial score (nSPS) is 24.1. The maximum atomic E-state index is 14.3. The number of carbonyl (C=O) groups is 1. The van der Waals surface area contributed by atoms with Crippen LogP contribution in [0.2, 0.25) is 0 Å². The molecule has 1 amide bonds. The molecule has 6 rings (SSSR count). The first-order chi connectivity index (χ1) is 19.4. The zero-order valence-electron chi connectivity index (χ0n) is 23.3. The van der Waals surface area contributed by atoms with E-state index in [4.69, 9.17) is 4.74 Å². The molecule has 1 atom stereocenters. The largest absolute Gasteiger partial charge is 0.416 e. The van der Waals surface area contributed by atoms with Crippen molar-refractivity contribution in [1.82, 2.24) is 20.1 Å². The van der Waals surface area contributed by atoms with Crippen molar-refractivity contribution in [2.24, 2.45) is 7.05 Å². The highest BCUT2D eigenvalue weighted by molar-refractivity contribution is 6.10. The Morgan fingerprint density at radius 2 is 1.98 bits per heavy atom. The lowest BCUT2D eigenvalue weighted by atomic mass is 9.62. The number of aliphatic hydroxyl groups excluding tert-OH is 1. The molecule has 2 heterocycles. The third-order valence-electron chi connectivity index (χ3n) is 9.27. The minimum Gasteiger partial charge on any atom is -0.387 e. The SMILES string of the molecule is COC1CC(c2cccc(N3Cc4c(cc([C@@H](O)CNC5(C)CCC5)cc4C(F)(F)F)C3=O)c2)(c2nncn2C)C1. The number of hydrogen-bond acceptors (Lipinski definition) is 6. The van der Waals surface area contributed by atoms with Crippen molar-refractivity contribution >= 4 is 11.6 Å². The summed E-state index contributed by atoms with van der Waals surface area (Å²) in [7, 11) is 3.53. The van der Waals surface area contributed by atoms with E-state index in [1.54, 1.807) is 19.5 Å². The lowest BCUT2D eigenvalue weighted by Gasteiger charge is -2.46. The Bertz CT molecular complexity index is 1480. The van der Waals surface area contributed by atoms with Gasteiger partial charge in [0.1, 0.15) is 12.2 Å². The molecule has 2 aromatic carbocycles. The first-order valence-electron chi connectivity index (χ1n) is 13.9. The highest BCUT2D eigenvalue weighted by Gasteiger charge is 2.50. The standard InChI is InChI=1S/C30H34F3N5O3/c1-28(8-5-9-28)34-15-25(39)18-10-22-23(24(11-18)30(31,32)33)16-38(26(22)40)20-7-4-6-19(12-20)29(13-21(14-29)41-3)27-36-35-17-37(27)2/h4,6-7,10-12,17,21,25,34,39H,5,8-9,13-16H2,1-3H3/t21?,25-,29?/m0/s1. The summed E-state index contributed by atoms with van der Waals surface area (Å²) in [5.41, 5.74) is -0.120. The Morgan fingerprint density at radius 1 is 1.22 bits per heavy atom. The number of nitrogens with zero attached hydrogens (tertiary/aromatic N) is 4. The van der Waals surface area contributed by atoms with Gasteiger partial charge in [0.15, 0.2) is 0 Å². The van der Waals surface area contributed by atoms with Gasteiger partial charge in [0, 0.05) is 37.5 Å². The highest BCUT2D eigenvalue weighted by Crippen LogP contribution is 2.50. The van der Waals surface area contributed by atoms with Crippen LogP contribution in [0.5, 0.6) is 0 Å². The monoisotopic (exact) mass is 569 g/mol. The van der Waals surface area contributed by atoms with Crippen LogP contribution in [0, 0.1) is 0 Å². The molecule has 41 heavy (non-hydrogen) atoms. The van der Waals surface area contributed by atoms with Crippen molar-refractivity contribution in [1.29, 1.82) is 0 Å². The van der Waals surface area contributed by atoms with Gasteiger partial charge in [0.25, 0.3) is 5.91 Å². The number of fused-ring (bicyclic) bond motifs is 1. The van der Waals surface area contributed by atoms with Crippen LogP contribution in [0.1, 0.15) is 83.6 Å². The van der Waals surface area contributed by atoms with Gasteiger partial charge in [0.05, 0.1) is 29.7 Å². The molecule has 0 radical (unpaired) electrons. The van der Waals surface area contributed by atoms with Crippen LogP contribution in [0.15, 0.2) is 42.7 Å². The van der Waals surface area contributed by atoms with E-state index in [0.29, 0.717) is 18.5 Å². The number of methoxy groups -OCH3 is 1. The van der Waals surface area contributed by atoms with Crippen molar-refractivity contribution in [3.8, 4) is 0 Å². The topological polar surface area (TPSA) is 92.5 Å². The number of β-amino-alcohol motifs (C(OH)–C–C–N with tert-alkyl or cyclic N) is 1. The number of anilines is 1. The van der Waals surface area contributed by atoms with Crippen LogP contribution in [-0.4, -0.2) is 51.1 Å². The van der Waals surface area contributed by atoms with Gasteiger partial charge in [-0.05, 0) is 80.0 Å². The molecule has 2 aliphatic carbocycles. The molecule has 2 saturated carbocycles. The van der Waals surface area contributed by atoms with Gasteiger partial charge < -0.3 is 24.6 Å². The minimum absolute atomic E-state index is 0.0276. The van der Waals surface area contributed by atoms with Crippen molar-refractivity contribution < 1.29 is 27.8 Å². The number of nitrogens with one attached hydrogen (secondary N) is 1. The summed E-state index contributed by atoms with van der Waals surface area (Å²) < 4.78 is 50.2. The van der Waals surface area contributed by atoms with Gasteiger partial charge in [-0.1, -0.05) is 12.1 Å². The molecular formula is C30H34F3N5O3. The molecule has 11 heteroatoms. The second-order valence-corrected chi connectivity index (χ2v) is 12.0. The molecular weight excluding hydrogens is 535 g/mol. The fourth-order valence-corrected chi connectivity index (χ4v) is 6.55. The predicted molar refractivity (Wildman–Crippen MR) is 145 cm³/mol. The smallest absolute Gasteiger partial charge is 0.387 e. The quantitative estimate of drug-likeness (QED) is 0.410. The summed E-state index contributed by atoms with van der Waals surface area (Å²) in [5.74, 6) is 0.244. The van der Waals surface area contributed by atoms with Crippen molar-refractivity contribution in [2.75, 3.05) is 18.6 Å². The summed E-state index contributed by atoms with van der Waals surface area (Å²) in [6.07, 6.45) is 0.129. The van der Waals surface area contributed by atoms with E-state index in [9.17, 15) is 23.1 Å². The number of aryl methyl sites for hydroxylation is 1. The molecule has 218 valence electrons. The number of aliphatic hydroxyl groups is 1. The molecule has 0 spiro atoms. The maximum Gasteiger partial charge on any atom is 0.416 e. The van der Waals surface area contributed by atoms with Gasteiger partial charge in [-0.3, -0.25) is 4.79 Å². The third-order valence-corrected chi connectivity index (χ3v) is 9.27. The second-order valence-electron chi connectivity index (χ2n) is 12.0. The van der Waals surface area contributed by atoms with E-state index in [1.807, 2.05) is 36.7 Å². The minimum atomic E-state index is -4.68. The zero-order valence-corrected chi connectivity index (χ0v) is 23.3. The number of ether oxygens (including phenoxy) is 1. The Kier molecular flexibility index (Phi) is 6.74. The van der Waals surface area contributed by atoms with Crippen molar-refractivity contribution in [3.63, 3.8) is 0 Å². The number of carbonyl (C=O) groups excluding carboxylic acids is 1. The van der Waals surface area contributed by atoms with Gasteiger partial charge >= 0.3 is 6.18 Å². The van der Waals surface area contributed by atoms with E-state index >= 15 is 0 Å². The van der Waals surface area contributed by atoms with Gasteiger partial charge in [0.2, 0.25) is 0 Å². The first kappa shape index (κ1) is 27.9. The van der Waals surface area contributed by atoms with Crippen molar-refractivity contribution in [2.45, 2.75) is 74.9 Å². The summed E-state index contributed by atoms with van der Waals surface area (Å²) in [6, 6.07) is 9.76. The highest BCUT2D eigenvalue weighted by atomic mass is 19.4. The number of rotatable bonds is 8. The lowest BCUT2D eigenvalue weighted by Crippen LogP contribution is -2.49. The molecule has 2 N–H and O–H groups in total. The molecule has 1 aromatic heterocycles. The number of aromatic nitrogens is 3. The lowest BCUT2D eigenvalue weighted by molar-refractivity contribution is -0.138. The van der Waals surface area contributed by atoms with E-state index < -0.39 is 29.2 Å². The van der Waals surface area contributed by atoms with Crippen LogP contribution in [-0.2, 0) is 29.9 Å². The molecule has 2 fully saturated rings. The molecule has 0 saturated heterocycles. The van der Waals surface area contributed by atoms with Gasteiger partial charge in [-0.2, -0.15) is 13.2 Å². The Balaban J connectivity index is 1.33. The summed E-state index contributed by atoms with van der Waals surface area (Å²) in [4.78, 5) is 15.0. The summed E-state index contributed by atoms with van der Waals surface area (Å²) in [6.45, 7) is 1.94. The van der Waals surface area contributed by atoms with Crippen molar-refractivity contribution in [3.05, 3.63) is 76.4 Å². The number of amides is 1. The van der Waals surface area contributed by atoms with Gasteiger partial charge in [-0.25, -0.2) is 0 Å². The van der Waals surface area contributed by atoms with Crippen LogP contribution in [0.25, 0.3) is 0 Å². The third kappa shape index (κ3) is 4.73. The Morgan fingerprint density at radius 3 is 2.59 bits per heavy atom. The fraction of sp³-hybridized carbons (Fsp3) is 0.500. The van der Waals surface area contributed by atoms with Crippen LogP contribution < -0.4 is 10.2 Å². The predicted octanol–water partition coefficient (Wildman–Crippen LogP) is 4.65. The second kappa shape index (κ2) is 9.92. The number of hydrogen-bond donors (Lipinski definition) is 2. The van der Waals surface area contributed by atoms with Crippen LogP contribution >= 0.6 is 0 Å². The van der Waals surface area contributed by atoms with E-state index in [0.717, 1.165) is 36.7 Å². The van der Waals surface area contributed by atoms with E-state index in [-0.39, 0.29) is 41.4 Å². The van der Waals surface area contributed by atoms with E-state index in [2.05, 4.69) is 15.5 Å². The van der Waals surface area contributed by atoms with Crippen LogP contribution in [0.3, 0.4) is 0 Å². The summed E-state index contributed by atoms with van der Waals surface area (Å²) >= 11 is 0. The number of alkyl halides is 3. The first-order valence-corrected chi connectivity index (χ1v) is 13.9. The molecule has 3 aromatic rings. The summed E-state index contributed by atoms with van der Waals surface area (Å²) in [5, 5.41) is 22.5. The fourth-order valence-electron chi connectivity index (χ4n) is 6.55. The average Bonchev–Trinajstić information content (AvgIpc) is 3.48. The average molecular weight is 570 g/mol. The molecule has 0 unspecified atom stereocenters. The maximum absolute atomic E-state index is 14.3. The van der Waals surface area contributed by atoms with E-state index in [1.165, 1.54) is 11.0 Å². The number of halogens is 3. The Labute approximate surface area is 236 Å². The number of benzene rings is 2. The Hall–Kier alpha value is -3.28. The molecule has 8 nitrogen and oxygen atoms in total. The molecule has 3 aliphatic rings. The molecule has 1 aliphatic heterocycles.